The first-order valence-corrected chi connectivity index (χ1v) is 23.3. The van der Waals surface area contributed by atoms with Gasteiger partial charge in [0.25, 0.3) is 0 Å². The number of unbranched alkanes of at least 4 members (excludes halogenated alkanes) is 8. The van der Waals surface area contributed by atoms with E-state index in [-0.39, 0.29) is 61.4 Å². The number of amides is 3. The Labute approximate surface area is 381 Å². The maximum absolute atomic E-state index is 12.3. The zero-order valence-corrected chi connectivity index (χ0v) is 39.1. The molecule has 19 heteroatoms. The lowest BCUT2D eigenvalue weighted by Gasteiger charge is -2.24. The SMILES string of the molecule is CC(C)(COCCC(=O)CCCCCCCCC(=O)NCCOCCOCCOCCC(=O)O)COCCC(=O)NCCCCCCC(=O)NCCOCCOCCOCCC(=O)O. The van der Waals surface area contributed by atoms with E-state index in [9.17, 15) is 28.8 Å². The van der Waals surface area contributed by atoms with Gasteiger partial charge in [0.2, 0.25) is 17.7 Å². The van der Waals surface area contributed by atoms with Gasteiger partial charge in [0.15, 0.2) is 0 Å². The molecule has 0 aromatic heterocycles. The molecule has 374 valence electrons. The molecule has 0 spiro atoms. The molecule has 0 unspecified atom stereocenters. The van der Waals surface area contributed by atoms with Crippen LogP contribution < -0.4 is 16.0 Å². The molecule has 0 radical (unpaired) electrons. The van der Waals surface area contributed by atoms with Crippen LogP contribution in [0.4, 0.5) is 0 Å². The van der Waals surface area contributed by atoms with Crippen LogP contribution in [0, 0.1) is 5.41 Å². The number of Topliss-reactive ketones (excluding diaryl/α,β-unsaturated/α-hetero) is 1. The van der Waals surface area contributed by atoms with Crippen molar-refractivity contribution < 1.29 is 76.9 Å². The van der Waals surface area contributed by atoms with Crippen LogP contribution in [0.5, 0.6) is 0 Å². The van der Waals surface area contributed by atoms with Crippen molar-refractivity contribution in [2.45, 2.75) is 123 Å². The lowest BCUT2D eigenvalue weighted by atomic mass is 9.96. The molecule has 0 rings (SSSR count). The van der Waals surface area contributed by atoms with Crippen LogP contribution in [0.1, 0.15) is 123 Å². The summed E-state index contributed by atoms with van der Waals surface area (Å²) in [6, 6.07) is 0. The number of carboxylic acids is 2. The third kappa shape index (κ3) is 48.2. The number of hydrogen-bond donors (Lipinski definition) is 5. The molecule has 0 bridgehead atoms. The summed E-state index contributed by atoms with van der Waals surface area (Å²) in [4.78, 5) is 69.3. The Bertz CT molecular complexity index is 1190. The summed E-state index contributed by atoms with van der Waals surface area (Å²) < 4.78 is 43.3. The van der Waals surface area contributed by atoms with E-state index in [0.717, 1.165) is 64.2 Å². The minimum atomic E-state index is -0.895. The van der Waals surface area contributed by atoms with Gasteiger partial charge in [-0.3, -0.25) is 28.8 Å². The summed E-state index contributed by atoms with van der Waals surface area (Å²) >= 11 is 0. The molecule has 0 aliphatic rings. The molecule has 3 amide bonds. The van der Waals surface area contributed by atoms with Crippen LogP contribution in [0.3, 0.4) is 0 Å². The second kappa shape index (κ2) is 44.9. The summed E-state index contributed by atoms with van der Waals surface area (Å²) in [5, 5.41) is 25.7. The van der Waals surface area contributed by atoms with Crippen molar-refractivity contribution in [2.24, 2.45) is 5.41 Å². The fourth-order valence-corrected chi connectivity index (χ4v) is 5.71. The van der Waals surface area contributed by atoms with E-state index in [1.165, 1.54) is 0 Å². The molecule has 0 saturated heterocycles. The number of carboxylic acid groups (broad SMARTS) is 2. The number of ether oxygens (including phenoxy) is 8. The maximum Gasteiger partial charge on any atom is 0.305 e. The molecule has 0 atom stereocenters. The van der Waals surface area contributed by atoms with Crippen LogP contribution in [0.15, 0.2) is 0 Å². The highest BCUT2D eigenvalue weighted by Gasteiger charge is 2.19. The summed E-state index contributed by atoms with van der Waals surface area (Å²) in [5.41, 5.74) is -0.250. The molecule has 0 aliphatic carbocycles. The van der Waals surface area contributed by atoms with Gasteiger partial charge < -0.3 is 64.1 Å². The van der Waals surface area contributed by atoms with E-state index in [1.807, 2.05) is 13.8 Å². The van der Waals surface area contributed by atoms with Gasteiger partial charge in [0.1, 0.15) is 5.78 Å². The van der Waals surface area contributed by atoms with Crippen LogP contribution in [0.25, 0.3) is 0 Å². The van der Waals surface area contributed by atoms with Gasteiger partial charge in [0.05, 0.1) is 119 Å². The summed E-state index contributed by atoms with van der Waals surface area (Å²) in [5.74, 6) is -1.65. The molecule has 19 nitrogen and oxygen atoms in total. The lowest BCUT2D eigenvalue weighted by Crippen LogP contribution is -2.28. The highest BCUT2D eigenvalue weighted by molar-refractivity contribution is 5.78. The number of carbonyl (C=O) groups excluding carboxylic acids is 4. The number of nitrogens with one attached hydrogen (secondary N) is 3. The maximum atomic E-state index is 12.3. The summed E-state index contributed by atoms with van der Waals surface area (Å²) in [6.07, 6.45) is 11.2. The molecule has 0 fully saturated rings. The highest BCUT2D eigenvalue weighted by Crippen LogP contribution is 2.17. The highest BCUT2D eigenvalue weighted by atomic mass is 16.6. The Morgan fingerprint density at radius 1 is 0.344 bits per heavy atom. The predicted octanol–water partition coefficient (Wildman–Crippen LogP) is 3.86. The van der Waals surface area contributed by atoms with Crippen molar-refractivity contribution in [1.29, 1.82) is 0 Å². The van der Waals surface area contributed by atoms with E-state index >= 15 is 0 Å². The van der Waals surface area contributed by atoms with Gasteiger partial charge in [-0.1, -0.05) is 52.4 Å². The van der Waals surface area contributed by atoms with Crippen molar-refractivity contribution in [3.8, 4) is 0 Å². The van der Waals surface area contributed by atoms with Gasteiger partial charge >= 0.3 is 11.9 Å². The number of ketones is 1. The topological polar surface area (TPSA) is 253 Å². The number of carbonyl (C=O) groups is 6. The van der Waals surface area contributed by atoms with E-state index in [2.05, 4.69) is 16.0 Å². The molecule has 0 aliphatic heterocycles. The van der Waals surface area contributed by atoms with Gasteiger partial charge in [0, 0.05) is 57.2 Å². The smallest absolute Gasteiger partial charge is 0.305 e. The number of rotatable bonds is 50. The van der Waals surface area contributed by atoms with E-state index in [1.54, 1.807) is 0 Å². The second-order valence-electron chi connectivity index (χ2n) is 16.1. The Balaban J connectivity index is 3.53. The minimum Gasteiger partial charge on any atom is -0.481 e. The van der Waals surface area contributed by atoms with Gasteiger partial charge in [-0.2, -0.15) is 0 Å². The monoisotopic (exact) mass is 922 g/mol. The average Bonchev–Trinajstić information content (AvgIpc) is 3.25. The Morgan fingerprint density at radius 3 is 1.12 bits per heavy atom. The third-order valence-corrected chi connectivity index (χ3v) is 9.29. The molecule has 0 aromatic carbocycles. The standard InChI is InChI=1S/C45H83N3O16/c1-45(2,38-64-24-17-42(52)46-20-12-8-7-11-15-41(51)48-22-28-60-32-36-62-34-30-58-26-19-44(55)56)37-63-23-16-39(49)13-9-5-3-4-6-10-14-40(50)47-21-27-59-31-35-61-33-29-57-25-18-43(53)54/h3-38H2,1-2H3,(H,46,52)(H,47,50)(H,48,51)(H,53,54)(H,55,56). The first-order valence-electron chi connectivity index (χ1n) is 23.3. The van der Waals surface area contributed by atoms with Crippen LogP contribution in [0.2, 0.25) is 0 Å². The largest absolute Gasteiger partial charge is 0.481 e. The Hall–Kier alpha value is -3.30. The fraction of sp³-hybridized carbons (Fsp3) is 0.867. The van der Waals surface area contributed by atoms with Gasteiger partial charge in [-0.25, -0.2) is 0 Å². The van der Waals surface area contributed by atoms with Gasteiger partial charge in [-0.05, 0) is 25.7 Å². The lowest BCUT2D eigenvalue weighted by molar-refractivity contribution is -0.139. The zero-order valence-electron chi connectivity index (χ0n) is 39.1. The second-order valence-corrected chi connectivity index (χ2v) is 16.1. The molecule has 0 heterocycles. The first kappa shape index (κ1) is 60.7. The van der Waals surface area contributed by atoms with Crippen molar-refractivity contribution in [2.75, 3.05) is 125 Å². The summed E-state index contributed by atoms with van der Waals surface area (Å²) in [7, 11) is 0. The predicted molar refractivity (Wildman–Crippen MR) is 238 cm³/mol. The Kier molecular flexibility index (Phi) is 42.6. The first-order chi connectivity index (χ1) is 30.9. The van der Waals surface area contributed by atoms with Gasteiger partial charge in [-0.15, -0.1) is 0 Å². The van der Waals surface area contributed by atoms with E-state index in [0.29, 0.717) is 138 Å². The fourth-order valence-electron chi connectivity index (χ4n) is 5.71. The van der Waals surface area contributed by atoms with Crippen molar-refractivity contribution in [3.05, 3.63) is 0 Å². The zero-order chi connectivity index (χ0) is 47.2. The Morgan fingerprint density at radius 2 is 0.672 bits per heavy atom. The van der Waals surface area contributed by atoms with Crippen LogP contribution in [-0.2, 0) is 66.7 Å². The van der Waals surface area contributed by atoms with Crippen molar-refractivity contribution in [3.63, 3.8) is 0 Å². The molecule has 0 aromatic rings. The van der Waals surface area contributed by atoms with Crippen molar-refractivity contribution in [1.82, 2.24) is 16.0 Å². The molecule has 5 N–H and O–H groups in total. The molecular weight excluding hydrogens is 838 g/mol. The van der Waals surface area contributed by atoms with Crippen LogP contribution in [-0.4, -0.2) is 171 Å². The normalized spacial score (nSPS) is 11.4. The molecule has 0 saturated carbocycles. The average molecular weight is 922 g/mol. The van der Waals surface area contributed by atoms with Crippen molar-refractivity contribution >= 4 is 35.4 Å². The quantitative estimate of drug-likeness (QED) is 0.0543. The number of hydrogen-bond acceptors (Lipinski definition) is 14. The van der Waals surface area contributed by atoms with Crippen LogP contribution >= 0.6 is 0 Å². The molecular formula is C45H83N3O16. The number of aliphatic carboxylic acids is 2. The van der Waals surface area contributed by atoms with E-state index < -0.39 is 11.9 Å². The summed E-state index contributed by atoms with van der Waals surface area (Å²) in [6.45, 7) is 11.2. The minimum absolute atomic E-state index is 0.0122. The van der Waals surface area contributed by atoms with E-state index in [4.69, 9.17) is 48.1 Å². The molecule has 64 heavy (non-hydrogen) atoms. The third-order valence-electron chi connectivity index (χ3n) is 9.29.